The van der Waals surface area contributed by atoms with Crippen LogP contribution in [0.1, 0.15) is 27.2 Å². The smallest absolute Gasteiger partial charge is 0.318 e. The molecule has 0 fully saturated rings. The molecule has 0 aromatic rings. The average Bonchev–Trinajstić information content (AvgIpc) is 2.23. The normalized spacial score (nSPS) is 13.3. The van der Waals surface area contributed by atoms with E-state index < -0.39 is 11.4 Å². The third-order valence-electron chi connectivity index (χ3n) is 2.77. The third kappa shape index (κ3) is 3.40. The van der Waals surface area contributed by atoms with Gasteiger partial charge in [0.15, 0.2) is 0 Å². The van der Waals surface area contributed by atoms with E-state index in [1.165, 1.54) is 13.8 Å². The number of hydrogen-bond acceptors (Lipinski definition) is 3. The number of carboxylic acids is 1. The van der Waals surface area contributed by atoms with Crippen LogP contribution in [0, 0.1) is 5.41 Å². The van der Waals surface area contributed by atoms with Gasteiger partial charge in [-0.05, 0) is 26.5 Å². The highest BCUT2D eigenvalue weighted by Gasteiger charge is 2.39. The van der Waals surface area contributed by atoms with E-state index in [0.717, 1.165) is 12.2 Å². The van der Waals surface area contributed by atoms with E-state index >= 15 is 0 Å². The number of carboxylic acid groups (broad SMARTS) is 1. The fraction of sp³-hybridized carbons (Fsp3) is 0.818. The minimum atomic E-state index is -1.35. The molecule has 1 unspecified atom stereocenters. The highest BCUT2D eigenvalue weighted by atomic mass is 32.2. The Morgan fingerprint density at radius 3 is 2.25 bits per heavy atom. The van der Waals surface area contributed by atoms with Gasteiger partial charge in [-0.3, -0.25) is 9.59 Å². The quantitative estimate of drug-likeness (QED) is 0.726. The molecule has 0 aliphatic rings. The molecule has 1 amide bonds. The lowest BCUT2D eigenvalue weighted by molar-refractivity contribution is -0.158. The molecular weight excluding hydrogens is 226 g/mol. The van der Waals surface area contributed by atoms with Gasteiger partial charge in [-0.25, -0.2) is 0 Å². The molecule has 4 nitrogen and oxygen atoms in total. The molecule has 0 heterocycles. The lowest BCUT2D eigenvalue weighted by atomic mass is 9.91. The van der Waals surface area contributed by atoms with Gasteiger partial charge >= 0.3 is 5.97 Å². The fourth-order valence-electron chi connectivity index (χ4n) is 1.39. The summed E-state index contributed by atoms with van der Waals surface area (Å²) < 4.78 is 0. The van der Waals surface area contributed by atoms with Crippen LogP contribution in [-0.2, 0) is 9.59 Å². The molecule has 0 saturated carbocycles. The Kier molecular flexibility index (Phi) is 5.86. The SMILES string of the molecule is CCC(CSC)N(C)C(=O)C(C)(C)C(=O)O. The van der Waals surface area contributed by atoms with E-state index in [2.05, 4.69) is 0 Å². The second-order valence-corrected chi connectivity index (χ2v) is 5.27. The Labute approximate surface area is 101 Å². The number of aliphatic carboxylic acids is 1. The van der Waals surface area contributed by atoms with Crippen LogP contribution in [-0.4, -0.2) is 47.0 Å². The van der Waals surface area contributed by atoms with E-state index in [4.69, 9.17) is 5.11 Å². The predicted molar refractivity (Wildman–Crippen MR) is 66.6 cm³/mol. The summed E-state index contributed by atoms with van der Waals surface area (Å²) in [5.74, 6) is -0.585. The maximum atomic E-state index is 12.0. The van der Waals surface area contributed by atoms with E-state index in [9.17, 15) is 9.59 Å². The molecule has 0 aromatic carbocycles. The summed E-state index contributed by atoms with van der Waals surface area (Å²) >= 11 is 1.66. The van der Waals surface area contributed by atoms with Gasteiger partial charge in [0.1, 0.15) is 5.41 Å². The first-order chi connectivity index (χ1) is 7.28. The van der Waals surface area contributed by atoms with Crippen molar-refractivity contribution in [2.45, 2.75) is 33.2 Å². The van der Waals surface area contributed by atoms with Gasteiger partial charge in [-0.2, -0.15) is 11.8 Å². The Hall–Kier alpha value is -0.710. The summed E-state index contributed by atoms with van der Waals surface area (Å²) in [6.07, 6.45) is 2.81. The van der Waals surface area contributed by atoms with Crippen molar-refractivity contribution in [2.24, 2.45) is 5.41 Å². The minimum Gasteiger partial charge on any atom is -0.480 e. The van der Waals surface area contributed by atoms with Crippen LogP contribution in [0.5, 0.6) is 0 Å². The van der Waals surface area contributed by atoms with Crippen molar-refractivity contribution >= 4 is 23.6 Å². The molecule has 0 radical (unpaired) electrons. The average molecular weight is 247 g/mol. The Morgan fingerprint density at radius 2 is 1.94 bits per heavy atom. The molecule has 0 aliphatic carbocycles. The van der Waals surface area contributed by atoms with Crippen LogP contribution in [0.15, 0.2) is 0 Å². The summed E-state index contributed by atoms with van der Waals surface area (Å²) in [4.78, 5) is 24.6. The van der Waals surface area contributed by atoms with Gasteiger partial charge in [0.2, 0.25) is 5.91 Å². The van der Waals surface area contributed by atoms with Crippen LogP contribution in [0.25, 0.3) is 0 Å². The van der Waals surface area contributed by atoms with Crippen molar-refractivity contribution in [3.8, 4) is 0 Å². The van der Waals surface area contributed by atoms with E-state index in [1.54, 1.807) is 23.7 Å². The first-order valence-electron chi connectivity index (χ1n) is 5.28. The molecule has 0 aliphatic heterocycles. The molecular formula is C11H21NO3S. The molecule has 1 N–H and O–H groups in total. The second kappa shape index (κ2) is 6.13. The van der Waals surface area contributed by atoms with Gasteiger partial charge in [0.25, 0.3) is 0 Å². The number of carbonyl (C=O) groups is 2. The monoisotopic (exact) mass is 247 g/mol. The van der Waals surface area contributed by atoms with E-state index in [-0.39, 0.29) is 11.9 Å². The maximum Gasteiger partial charge on any atom is 0.318 e. The van der Waals surface area contributed by atoms with Gasteiger partial charge < -0.3 is 10.0 Å². The molecule has 1 atom stereocenters. The zero-order chi connectivity index (χ0) is 12.9. The first-order valence-corrected chi connectivity index (χ1v) is 6.68. The molecule has 16 heavy (non-hydrogen) atoms. The van der Waals surface area contributed by atoms with Crippen molar-refractivity contribution in [1.82, 2.24) is 4.90 Å². The molecule has 5 heteroatoms. The van der Waals surface area contributed by atoms with Crippen LogP contribution in [0.3, 0.4) is 0 Å². The standard InChI is InChI=1S/C11H21NO3S/c1-6-8(7-16-5)12(4)9(13)11(2,3)10(14)15/h8H,6-7H2,1-5H3,(H,14,15). The van der Waals surface area contributed by atoms with Crippen molar-refractivity contribution in [1.29, 1.82) is 0 Å². The second-order valence-electron chi connectivity index (χ2n) is 4.36. The first kappa shape index (κ1) is 15.3. The number of carbonyl (C=O) groups excluding carboxylic acids is 1. The summed E-state index contributed by atoms with van der Waals surface area (Å²) in [7, 11) is 1.68. The molecule has 0 aromatic heterocycles. The van der Waals surface area contributed by atoms with Crippen molar-refractivity contribution < 1.29 is 14.7 Å². The van der Waals surface area contributed by atoms with Crippen LogP contribution < -0.4 is 0 Å². The Morgan fingerprint density at radius 1 is 1.44 bits per heavy atom. The molecule has 0 saturated heterocycles. The van der Waals surface area contributed by atoms with E-state index in [1.807, 2.05) is 13.2 Å². The van der Waals surface area contributed by atoms with Gasteiger partial charge in [0.05, 0.1) is 0 Å². The predicted octanol–water partition coefficient (Wildman–Crippen LogP) is 1.70. The van der Waals surface area contributed by atoms with E-state index in [0.29, 0.717) is 0 Å². The maximum absolute atomic E-state index is 12.0. The highest BCUT2D eigenvalue weighted by Crippen LogP contribution is 2.21. The largest absolute Gasteiger partial charge is 0.480 e. The van der Waals surface area contributed by atoms with Crippen LogP contribution in [0.2, 0.25) is 0 Å². The van der Waals surface area contributed by atoms with Crippen molar-refractivity contribution in [3.63, 3.8) is 0 Å². The molecule has 0 spiro atoms. The number of hydrogen-bond donors (Lipinski definition) is 1. The minimum absolute atomic E-state index is 0.0983. The molecule has 0 bridgehead atoms. The summed E-state index contributed by atoms with van der Waals surface area (Å²) in [6.45, 7) is 4.89. The summed E-state index contributed by atoms with van der Waals surface area (Å²) in [5.41, 5.74) is -1.35. The summed E-state index contributed by atoms with van der Waals surface area (Å²) in [6, 6.07) is 0.0983. The zero-order valence-electron chi connectivity index (χ0n) is 10.6. The van der Waals surface area contributed by atoms with Gasteiger partial charge in [0, 0.05) is 18.8 Å². The lowest BCUT2D eigenvalue weighted by Gasteiger charge is -2.32. The van der Waals surface area contributed by atoms with Gasteiger partial charge in [-0.1, -0.05) is 6.92 Å². The Bertz CT molecular complexity index is 266. The number of thioether (sulfide) groups is 1. The fourth-order valence-corrected chi connectivity index (χ4v) is 2.24. The lowest BCUT2D eigenvalue weighted by Crippen LogP contribution is -2.48. The molecule has 0 rings (SSSR count). The van der Waals surface area contributed by atoms with Crippen molar-refractivity contribution in [3.05, 3.63) is 0 Å². The van der Waals surface area contributed by atoms with Gasteiger partial charge in [-0.15, -0.1) is 0 Å². The number of amides is 1. The number of nitrogens with zero attached hydrogens (tertiary/aromatic N) is 1. The van der Waals surface area contributed by atoms with Crippen molar-refractivity contribution in [2.75, 3.05) is 19.1 Å². The topological polar surface area (TPSA) is 57.6 Å². The summed E-state index contributed by atoms with van der Waals surface area (Å²) in [5, 5.41) is 8.99. The van der Waals surface area contributed by atoms with Crippen LogP contribution >= 0.6 is 11.8 Å². The highest BCUT2D eigenvalue weighted by molar-refractivity contribution is 7.98. The Balaban J connectivity index is 4.77. The third-order valence-corrected chi connectivity index (χ3v) is 3.49. The molecule has 94 valence electrons. The number of rotatable bonds is 6. The zero-order valence-corrected chi connectivity index (χ0v) is 11.4. The van der Waals surface area contributed by atoms with Crippen LogP contribution in [0.4, 0.5) is 0 Å².